The van der Waals surface area contributed by atoms with Crippen LogP contribution in [0, 0.1) is 0 Å². The highest BCUT2D eigenvalue weighted by molar-refractivity contribution is 5.90. The maximum atomic E-state index is 11.4. The molecule has 3 rings (SSSR count). The Kier molecular flexibility index (Phi) is 3.17. The van der Waals surface area contributed by atoms with Gasteiger partial charge in [0.15, 0.2) is 0 Å². The zero-order chi connectivity index (χ0) is 13.9. The van der Waals surface area contributed by atoms with Gasteiger partial charge in [0.2, 0.25) is 0 Å². The number of fused-ring (bicyclic) bond motifs is 1. The van der Waals surface area contributed by atoms with E-state index in [1.165, 1.54) is 7.11 Å². The maximum Gasteiger partial charge on any atom is 0.337 e. The molecule has 0 aliphatic heterocycles. The molecule has 0 saturated carbocycles. The van der Waals surface area contributed by atoms with Crippen molar-refractivity contribution >= 4 is 16.9 Å². The van der Waals surface area contributed by atoms with Gasteiger partial charge in [0.05, 0.1) is 23.9 Å². The van der Waals surface area contributed by atoms with Crippen LogP contribution in [0.3, 0.4) is 0 Å². The quantitative estimate of drug-likeness (QED) is 0.662. The van der Waals surface area contributed by atoms with Gasteiger partial charge < -0.3 is 4.74 Å². The molecule has 0 radical (unpaired) electrons. The summed E-state index contributed by atoms with van der Waals surface area (Å²) < 4.78 is 4.68. The third-order valence-corrected chi connectivity index (χ3v) is 3.20. The number of benzene rings is 2. The van der Waals surface area contributed by atoms with Gasteiger partial charge in [-0.2, -0.15) is 0 Å². The standard InChI is InChI=1S/C17H13NO2/c1-20-17(19)14-8-6-13(7-9-14)16-11-10-12-4-2-3-5-15(12)18-16/h2-11H,1H3. The average molecular weight is 263 g/mol. The Morgan fingerprint density at radius 2 is 1.70 bits per heavy atom. The van der Waals surface area contributed by atoms with E-state index < -0.39 is 0 Å². The van der Waals surface area contributed by atoms with Crippen molar-refractivity contribution in [2.75, 3.05) is 7.11 Å². The molecule has 0 aliphatic rings. The Hall–Kier alpha value is -2.68. The van der Waals surface area contributed by atoms with Gasteiger partial charge in [-0.3, -0.25) is 0 Å². The summed E-state index contributed by atoms with van der Waals surface area (Å²) in [6, 6.07) is 19.3. The number of carbonyl (C=O) groups is 1. The predicted octanol–water partition coefficient (Wildman–Crippen LogP) is 3.69. The second kappa shape index (κ2) is 5.13. The molecule has 3 heteroatoms. The fourth-order valence-corrected chi connectivity index (χ4v) is 2.12. The molecule has 0 aliphatic carbocycles. The molecule has 3 nitrogen and oxygen atoms in total. The van der Waals surface area contributed by atoms with E-state index in [4.69, 9.17) is 0 Å². The first-order valence-electron chi connectivity index (χ1n) is 6.32. The van der Waals surface area contributed by atoms with E-state index >= 15 is 0 Å². The maximum absolute atomic E-state index is 11.4. The number of para-hydroxylation sites is 1. The number of hydrogen-bond acceptors (Lipinski definition) is 3. The normalized spacial score (nSPS) is 10.4. The molecule has 0 atom stereocenters. The summed E-state index contributed by atoms with van der Waals surface area (Å²) in [5.41, 5.74) is 3.36. The van der Waals surface area contributed by atoms with Gasteiger partial charge in [0.1, 0.15) is 0 Å². The molecule has 0 unspecified atom stereocenters. The van der Waals surface area contributed by atoms with Crippen molar-refractivity contribution in [3.63, 3.8) is 0 Å². The van der Waals surface area contributed by atoms with E-state index in [1.54, 1.807) is 12.1 Å². The highest BCUT2D eigenvalue weighted by Gasteiger charge is 2.06. The van der Waals surface area contributed by atoms with Crippen molar-refractivity contribution < 1.29 is 9.53 Å². The number of aromatic nitrogens is 1. The van der Waals surface area contributed by atoms with Crippen LogP contribution in [0.2, 0.25) is 0 Å². The summed E-state index contributed by atoms with van der Waals surface area (Å²) in [7, 11) is 1.38. The average Bonchev–Trinajstić information content (AvgIpc) is 2.54. The van der Waals surface area contributed by atoms with Crippen LogP contribution in [0.4, 0.5) is 0 Å². The van der Waals surface area contributed by atoms with E-state index in [1.807, 2.05) is 48.5 Å². The van der Waals surface area contributed by atoms with Crippen LogP contribution in [0.15, 0.2) is 60.7 Å². The van der Waals surface area contributed by atoms with Gasteiger partial charge in [-0.05, 0) is 24.3 Å². The van der Waals surface area contributed by atoms with Crippen LogP contribution in [0.25, 0.3) is 22.2 Å². The Morgan fingerprint density at radius 1 is 0.950 bits per heavy atom. The van der Waals surface area contributed by atoms with E-state index in [-0.39, 0.29) is 5.97 Å². The van der Waals surface area contributed by atoms with Gasteiger partial charge in [0, 0.05) is 10.9 Å². The fourth-order valence-electron chi connectivity index (χ4n) is 2.12. The molecule has 2 aromatic carbocycles. The number of nitrogens with zero attached hydrogens (tertiary/aromatic N) is 1. The van der Waals surface area contributed by atoms with Crippen LogP contribution in [-0.4, -0.2) is 18.1 Å². The highest BCUT2D eigenvalue weighted by Crippen LogP contribution is 2.21. The first-order valence-corrected chi connectivity index (χ1v) is 6.32. The Morgan fingerprint density at radius 3 is 2.45 bits per heavy atom. The first kappa shape index (κ1) is 12.4. The summed E-state index contributed by atoms with van der Waals surface area (Å²) >= 11 is 0. The zero-order valence-corrected chi connectivity index (χ0v) is 11.0. The molecule has 3 aromatic rings. The molecule has 0 fully saturated rings. The third-order valence-electron chi connectivity index (χ3n) is 3.20. The van der Waals surface area contributed by atoms with Gasteiger partial charge >= 0.3 is 5.97 Å². The molecule has 0 spiro atoms. The number of esters is 1. The van der Waals surface area contributed by atoms with E-state index in [2.05, 4.69) is 9.72 Å². The molecule has 0 saturated heterocycles. The molecule has 0 bridgehead atoms. The topological polar surface area (TPSA) is 39.2 Å². The van der Waals surface area contributed by atoms with E-state index in [0.717, 1.165) is 22.2 Å². The molecular weight excluding hydrogens is 250 g/mol. The van der Waals surface area contributed by atoms with Crippen molar-refractivity contribution in [2.45, 2.75) is 0 Å². The van der Waals surface area contributed by atoms with Crippen molar-refractivity contribution in [3.05, 3.63) is 66.2 Å². The fraction of sp³-hybridized carbons (Fsp3) is 0.0588. The van der Waals surface area contributed by atoms with Crippen molar-refractivity contribution in [2.24, 2.45) is 0 Å². The smallest absolute Gasteiger partial charge is 0.337 e. The summed E-state index contributed by atoms with van der Waals surface area (Å²) in [6.07, 6.45) is 0. The van der Waals surface area contributed by atoms with Crippen LogP contribution in [-0.2, 0) is 4.74 Å². The monoisotopic (exact) mass is 263 g/mol. The van der Waals surface area contributed by atoms with E-state index in [0.29, 0.717) is 5.56 Å². The van der Waals surface area contributed by atoms with Crippen molar-refractivity contribution in [1.82, 2.24) is 4.98 Å². The Balaban J connectivity index is 2.00. The van der Waals surface area contributed by atoms with Crippen LogP contribution >= 0.6 is 0 Å². The van der Waals surface area contributed by atoms with Gasteiger partial charge in [-0.25, -0.2) is 9.78 Å². The van der Waals surface area contributed by atoms with E-state index in [9.17, 15) is 4.79 Å². The highest BCUT2D eigenvalue weighted by atomic mass is 16.5. The number of rotatable bonds is 2. The Bertz CT molecular complexity index is 763. The zero-order valence-electron chi connectivity index (χ0n) is 11.0. The Labute approximate surface area is 116 Å². The molecule has 1 aromatic heterocycles. The second-order valence-electron chi connectivity index (χ2n) is 4.46. The number of ether oxygens (including phenoxy) is 1. The number of hydrogen-bond donors (Lipinski definition) is 0. The summed E-state index contributed by atoms with van der Waals surface area (Å²) in [6.45, 7) is 0. The number of pyridine rings is 1. The lowest BCUT2D eigenvalue weighted by atomic mass is 10.1. The lowest BCUT2D eigenvalue weighted by Crippen LogP contribution is -2.00. The summed E-state index contributed by atoms with van der Waals surface area (Å²) in [4.78, 5) is 16.0. The van der Waals surface area contributed by atoms with Gasteiger partial charge in [-0.1, -0.05) is 36.4 Å². The van der Waals surface area contributed by atoms with Crippen molar-refractivity contribution in [3.8, 4) is 11.3 Å². The summed E-state index contributed by atoms with van der Waals surface area (Å²) in [5.74, 6) is -0.331. The molecule has 1 heterocycles. The van der Waals surface area contributed by atoms with Crippen LogP contribution in [0.5, 0.6) is 0 Å². The summed E-state index contributed by atoms with van der Waals surface area (Å²) in [5, 5.41) is 1.11. The van der Waals surface area contributed by atoms with Crippen molar-refractivity contribution in [1.29, 1.82) is 0 Å². The molecule has 98 valence electrons. The first-order chi connectivity index (χ1) is 9.78. The lowest BCUT2D eigenvalue weighted by Gasteiger charge is -2.04. The largest absolute Gasteiger partial charge is 0.465 e. The molecule has 20 heavy (non-hydrogen) atoms. The van der Waals surface area contributed by atoms with Gasteiger partial charge in [0.25, 0.3) is 0 Å². The second-order valence-corrected chi connectivity index (χ2v) is 4.46. The SMILES string of the molecule is COC(=O)c1ccc(-c2ccc3ccccc3n2)cc1. The van der Waals surface area contributed by atoms with Crippen LogP contribution < -0.4 is 0 Å². The lowest BCUT2D eigenvalue weighted by molar-refractivity contribution is 0.0601. The minimum Gasteiger partial charge on any atom is -0.465 e. The third kappa shape index (κ3) is 2.26. The molecular formula is C17H13NO2. The minimum absolute atomic E-state index is 0.331. The predicted molar refractivity (Wildman–Crippen MR) is 78.5 cm³/mol. The molecule has 0 amide bonds. The van der Waals surface area contributed by atoms with Crippen LogP contribution in [0.1, 0.15) is 10.4 Å². The van der Waals surface area contributed by atoms with Gasteiger partial charge in [-0.15, -0.1) is 0 Å². The number of carbonyl (C=O) groups excluding carboxylic acids is 1. The number of methoxy groups -OCH3 is 1. The minimum atomic E-state index is -0.331. The molecule has 0 N–H and O–H groups in total.